The third-order valence-corrected chi connectivity index (χ3v) is 4.51. The van der Waals surface area contributed by atoms with E-state index in [4.69, 9.17) is 39.0 Å². The van der Waals surface area contributed by atoms with E-state index in [-0.39, 0.29) is 0 Å². The van der Waals surface area contributed by atoms with E-state index in [1.165, 1.54) is 12.8 Å². The first-order chi connectivity index (χ1) is 6.56. The minimum absolute atomic E-state index is 0.707. The Morgan fingerprint density at radius 2 is 1.57 bits per heavy atom. The minimum Gasteiger partial charge on any atom is -0.329 e. The average molecular weight is 278 g/mol. The molecule has 0 unspecified atom stereocenters. The highest BCUT2D eigenvalue weighted by atomic mass is 35.8. The fourth-order valence-electron chi connectivity index (χ4n) is 1.16. The maximum atomic E-state index is 5.76. The monoisotopic (exact) mass is 276 g/mol. The van der Waals surface area contributed by atoms with Gasteiger partial charge in [0.1, 0.15) is 0 Å². The van der Waals surface area contributed by atoms with E-state index in [2.05, 4.69) is 5.32 Å². The number of nitrogens with one attached hydrogen (secondary N) is 1. The zero-order chi connectivity index (χ0) is 10.9. The fourth-order valence-corrected chi connectivity index (χ4v) is 3.01. The number of hydrogen-bond acceptors (Lipinski definition) is 2. The van der Waals surface area contributed by atoms with Gasteiger partial charge in [-0.3, -0.25) is 0 Å². The molecule has 86 valence electrons. The van der Waals surface area contributed by atoms with Gasteiger partial charge in [0.15, 0.2) is 0 Å². The van der Waals surface area contributed by atoms with Crippen molar-refractivity contribution in [3.8, 4) is 0 Å². The molecule has 0 bridgehead atoms. The number of nitrogens with two attached hydrogens (primary N) is 1. The van der Waals surface area contributed by atoms with Crippen LogP contribution in [0.15, 0.2) is 0 Å². The molecular formula is C8H19Cl3N2Si. The van der Waals surface area contributed by atoms with Crippen molar-refractivity contribution in [3.05, 3.63) is 0 Å². The molecule has 0 amide bonds. The van der Waals surface area contributed by atoms with Gasteiger partial charge in [-0.2, -0.15) is 0 Å². The Balaban J connectivity index is 2.99. The fraction of sp³-hybridized carbons (Fsp3) is 1.00. The summed E-state index contributed by atoms with van der Waals surface area (Å²) in [5.41, 5.74) is 5.34. The highest BCUT2D eigenvalue weighted by Crippen LogP contribution is 2.27. The molecule has 0 heterocycles. The molecule has 0 aliphatic rings. The second-order valence-corrected chi connectivity index (χ2v) is 12.6. The first-order valence-electron chi connectivity index (χ1n) is 5.04. The Kier molecular flexibility index (Phi) is 9.91. The first kappa shape index (κ1) is 15.0. The van der Waals surface area contributed by atoms with Gasteiger partial charge in [-0.05, 0) is 19.0 Å². The first-order valence-corrected chi connectivity index (χ1v) is 10.3. The van der Waals surface area contributed by atoms with Crippen molar-refractivity contribution in [2.24, 2.45) is 5.73 Å². The molecule has 14 heavy (non-hydrogen) atoms. The third-order valence-electron chi connectivity index (χ3n) is 1.88. The molecule has 0 saturated heterocycles. The van der Waals surface area contributed by atoms with Gasteiger partial charge < -0.3 is 11.1 Å². The maximum absolute atomic E-state index is 5.76. The topological polar surface area (TPSA) is 38.0 Å². The van der Waals surface area contributed by atoms with Crippen molar-refractivity contribution in [1.82, 2.24) is 5.32 Å². The molecule has 6 heteroatoms. The molecule has 0 spiro atoms. The van der Waals surface area contributed by atoms with Crippen molar-refractivity contribution in [2.45, 2.75) is 31.7 Å². The Bertz CT molecular complexity index is 130. The SMILES string of the molecule is NCCNCCCCCC[Si](Cl)(Cl)Cl. The lowest BCUT2D eigenvalue weighted by Crippen LogP contribution is -2.23. The van der Waals surface area contributed by atoms with Gasteiger partial charge in [-0.1, -0.05) is 19.3 Å². The standard InChI is InChI=1S/C8H19Cl3N2Si/c9-14(10,11)8-4-2-1-3-6-13-7-5-12/h13H,1-8,12H2. The summed E-state index contributed by atoms with van der Waals surface area (Å²) in [4.78, 5) is 0. The van der Waals surface area contributed by atoms with Gasteiger partial charge in [0, 0.05) is 13.1 Å². The summed E-state index contributed by atoms with van der Waals surface area (Å²) in [5.74, 6) is 0. The lowest BCUT2D eigenvalue weighted by molar-refractivity contribution is 0.601. The maximum Gasteiger partial charge on any atom is 0.341 e. The molecule has 0 aromatic heterocycles. The van der Waals surface area contributed by atoms with Crippen LogP contribution in [0.5, 0.6) is 0 Å². The van der Waals surface area contributed by atoms with Crippen molar-refractivity contribution in [2.75, 3.05) is 19.6 Å². The van der Waals surface area contributed by atoms with Gasteiger partial charge in [-0.15, -0.1) is 33.2 Å². The number of hydrogen-bond donors (Lipinski definition) is 2. The predicted octanol–water partition coefficient (Wildman–Crippen LogP) is 2.75. The van der Waals surface area contributed by atoms with Crippen LogP contribution in [0, 0.1) is 0 Å². The van der Waals surface area contributed by atoms with Crippen LogP contribution < -0.4 is 11.1 Å². The lowest BCUT2D eigenvalue weighted by Gasteiger charge is -2.07. The second-order valence-electron chi connectivity index (χ2n) is 3.32. The van der Waals surface area contributed by atoms with E-state index in [0.29, 0.717) is 6.54 Å². The van der Waals surface area contributed by atoms with Crippen LogP contribution in [0.3, 0.4) is 0 Å². The summed E-state index contributed by atoms with van der Waals surface area (Å²) < 4.78 is 0. The Morgan fingerprint density at radius 3 is 2.14 bits per heavy atom. The zero-order valence-electron chi connectivity index (χ0n) is 8.37. The third kappa shape index (κ3) is 13.0. The van der Waals surface area contributed by atoms with Gasteiger partial charge in [-0.25, -0.2) is 0 Å². The summed E-state index contributed by atoms with van der Waals surface area (Å²) in [6.45, 7) is 2.66. The summed E-state index contributed by atoms with van der Waals surface area (Å²) >= 11 is 17.3. The van der Waals surface area contributed by atoms with E-state index in [1.54, 1.807) is 0 Å². The van der Waals surface area contributed by atoms with E-state index in [0.717, 1.165) is 32.0 Å². The molecule has 0 fully saturated rings. The van der Waals surface area contributed by atoms with Crippen LogP contribution in [0.4, 0.5) is 0 Å². The Labute approximate surface area is 102 Å². The predicted molar refractivity (Wildman–Crippen MR) is 68.5 cm³/mol. The Morgan fingerprint density at radius 1 is 0.929 bits per heavy atom. The average Bonchev–Trinajstić information content (AvgIpc) is 2.08. The van der Waals surface area contributed by atoms with Gasteiger partial charge in [0.2, 0.25) is 0 Å². The molecule has 0 saturated carbocycles. The summed E-state index contributed by atoms with van der Waals surface area (Å²) in [5, 5.41) is 3.25. The summed E-state index contributed by atoms with van der Waals surface area (Å²) in [7, 11) is 0. The van der Waals surface area contributed by atoms with Gasteiger partial charge in [0.25, 0.3) is 0 Å². The quantitative estimate of drug-likeness (QED) is 0.386. The van der Waals surface area contributed by atoms with E-state index >= 15 is 0 Å². The van der Waals surface area contributed by atoms with Crippen LogP contribution in [0.1, 0.15) is 25.7 Å². The van der Waals surface area contributed by atoms with Crippen molar-refractivity contribution in [3.63, 3.8) is 0 Å². The van der Waals surface area contributed by atoms with E-state index in [9.17, 15) is 0 Å². The van der Waals surface area contributed by atoms with Crippen molar-refractivity contribution >= 4 is 39.2 Å². The molecule has 0 aliphatic carbocycles. The highest BCUT2D eigenvalue weighted by Gasteiger charge is 2.23. The van der Waals surface area contributed by atoms with Crippen LogP contribution in [-0.2, 0) is 0 Å². The number of unbranched alkanes of at least 4 members (excludes halogenated alkanes) is 3. The molecular weight excluding hydrogens is 259 g/mol. The van der Waals surface area contributed by atoms with Crippen LogP contribution in [0.2, 0.25) is 6.04 Å². The molecule has 0 aromatic carbocycles. The van der Waals surface area contributed by atoms with Crippen LogP contribution in [-0.4, -0.2) is 25.6 Å². The molecule has 0 atom stereocenters. The largest absolute Gasteiger partial charge is 0.341 e. The highest BCUT2D eigenvalue weighted by molar-refractivity contribution is 7.64. The lowest BCUT2D eigenvalue weighted by atomic mass is 10.2. The van der Waals surface area contributed by atoms with E-state index in [1.807, 2.05) is 0 Å². The normalized spacial score (nSPS) is 12.0. The van der Waals surface area contributed by atoms with E-state index < -0.39 is 6.00 Å². The molecule has 3 N–H and O–H groups in total. The molecule has 0 aliphatic heterocycles. The molecule has 0 rings (SSSR count). The summed E-state index contributed by atoms with van der Waals surface area (Å²) in [6, 6.07) is -1.57. The number of halogens is 3. The van der Waals surface area contributed by atoms with Crippen LogP contribution >= 0.6 is 33.2 Å². The molecule has 0 radical (unpaired) electrons. The van der Waals surface area contributed by atoms with Crippen molar-refractivity contribution in [1.29, 1.82) is 0 Å². The van der Waals surface area contributed by atoms with Crippen molar-refractivity contribution < 1.29 is 0 Å². The van der Waals surface area contributed by atoms with Gasteiger partial charge in [0.05, 0.1) is 0 Å². The zero-order valence-corrected chi connectivity index (χ0v) is 11.6. The van der Waals surface area contributed by atoms with Gasteiger partial charge >= 0.3 is 6.00 Å². The Hall–Kier alpha value is 1.01. The molecule has 2 nitrogen and oxygen atoms in total. The minimum atomic E-state index is -2.35. The van der Waals surface area contributed by atoms with Crippen LogP contribution in [0.25, 0.3) is 0 Å². The summed E-state index contributed by atoms with van der Waals surface area (Å²) in [6.07, 6.45) is 4.58. The molecule has 0 aromatic rings. The smallest absolute Gasteiger partial charge is 0.329 e. The second kappa shape index (κ2) is 9.25. The number of rotatable bonds is 9.